The molecule has 1 fully saturated rings. The molecule has 1 aliphatic carbocycles. The second kappa shape index (κ2) is 9.90. The molecule has 1 saturated carbocycles. The number of carbonyl (C=O) groups is 1. The van der Waals surface area contributed by atoms with Gasteiger partial charge in [0, 0.05) is 35.1 Å². The highest BCUT2D eigenvalue weighted by Gasteiger charge is 2.51. The summed E-state index contributed by atoms with van der Waals surface area (Å²) in [4.78, 5) is 23.5. The Morgan fingerprint density at radius 1 is 1.30 bits per heavy atom. The SMILES string of the molecule is C=C(N)/C=C(\N=C(N)c1ccc(NC(=O)NCc2ncc[nH]2)cc1)C1(S(=O)(=O)CC)CCC1. The van der Waals surface area contributed by atoms with Gasteiger partial charge in [-0.2, -0.15) is 0 Å². The lowest BCUT2D eigenvalue weighted by Gasteiger charge is -2.41. The number of aromatic amines is 1. The summed E-state index contributed by atoms with van der Waals surface area (Å²) in [6.45, 7) is 5.55. The quantitative estimate of drug-likeness (QED) is 0.213. The Labute approximate surface area is 193 Å². The van der Waals surface area contributed by atoms with E-state index in [1.165, 1.54) is 6.08 Å². The first kappa shape index (κ1) is 24.1. The first-order valence-electron chi connectivity index (χ1n) is 10.5. The highest BCUT2D eigenvalue weighted by molar-refractivity contribution is 7.93. The molecule has 0 spiro atoms. The van der Waals surface area contributed by atoms with Crippen LogP contribution in [0.15, 0.2) is 65.7 Å². The zero-order chi connectivity index (χ0) is 24.1. The Bertz CT molecular complexity index is 1160. The molecule has 11 heteroatoms. The lowest BCUT2D eigenvalue weighted by atomic mass is 9.81. The molecule has 1 aromatic carbocycles. The largest absolute Gasteiger partial charge is 0.399 e. The minimum atomic E-state index is -3.43. The van der Waals surface area contributed by atoms with E-state index in [2.05, 4.69) is 32.2 Å². The lowest BCUT2D eigenvalue weighted by molar-refractivity contribution is 0.251. The van der Waals surface area contributed by atoms with Crippen LogP contribution in [0.2, 0.25) is 0 Å². The number of imidazole rings is 1. The standard InChI is InChI=1S/C22H29N7O3S/c1-3-33(31,32)22(9-4-10-22)18(13-15(2)23)29-20(24)16-5-7-17(8-6-16)28-21(30)27-14-19-25-11-12-26-19/h5-8,11-13H,2-4,9-10,14,23H2,1H3,(H2,24,29)(H,25,26)(H2,27,28,30)/b18-13-. The minimum Gasteiger partial charge on any atom is -0.399 e. The van der Waals surface area contributed by atoms with E-state index in [0.29, 0.717) is 35.6 Å². The van der Waals surface area contributed by atoms with Gasteiger partial charge < -0.3 is 27.1 Å². The number of nitrogens with zero attached hydrogens (tertiary/aromatic N) is 2. The van der Waals surface area contributed by atoms with Crippen LogP contribution in [-0.4, -0.2) is 40.8 Å². The third-order valence-corrected chi connectivity index (χ3v) is 8.14. The minimum absolute atomic E-state index is 0.000829. The smallest absolute Gasteiger partial charge is 0.319 e. The molecule has 0 unspecified atom stereocenters. The van der Waals surface area contributed by atoms with E-state index in [1.807, 2.05) is 0 Å². The van der Waals surface area contributed by atoms with Crippen LogP contribution in [-0.2, 0) is 16.4 Å². The number of hydrogen-bond acceptors (Lipinski definition) is 6. The third-order valence-electron chi connectivity index (χ3n) is 5.58. The van der Waals surface area contributed by atoms with Gasteiger partial charge in [-0.3, -0.25) is 0 Å². The summed E-state index contributed by atoms with van der Waals surface area (Å²) in [6, 6.07) is 6.35. The van der Waals surface area contributed by atoms with Gasteiger partial charge in [0.2, 0.25) is 0 Å². The van der Waals surface area contributed by atoms with E-state index in [-0.39, 0.29) is 29.9 Å². The summed E-state index contributed by atoms with van der Waals surface area (Å²) >= 11 is 0. The zero-order valence-electron chi connectivity index (χ0n) is 18.5. The molecule has 0 bridgehead atoms. The number of anilines is 1. The Balaban J connectivity index is 1.75. The number of carbonyl (C=O) groups excluding carboxylic acids is 1. The molecule has 1 aliphatic rings. The average molecular weight is 472 g/mol. The maximum absolute atomic E-state index is 12.8. The molecule has 7 N–H and O–H groups in total. The number of amidine groups is 1. The number of allylic oxidation sites excluding steroid dienone is 1. The molecule has 2 amide bonds. The Morgan fingerprint density at radius 2 is 2.00 bits per heavy atom. The summed E-state index contributed by atoms with van der Waals surface area (Å²) in [5, 5.41) is 5.40. The highest BCUT2D eigenvalue weighted by atomic mass is 32.2. The van der Waals surface area contributed by atoms with Gasteiger partial charge in [-0.05, 0) is 49.6 Å². The van der Waals surface area contributed by atoms with Crippen molar-refractivity contribution in [1.29, 1.82) is 0 Å². The second-order valence-electron chi connectivity index (χ2n) is 7.77. The van der Waals surface area contributed by atoms with Crippen molar-refractivity contribution in [3.8, 4) is 0 Å². The molecule has 176 valence electrons. The molecule has 0 atom stereocenters. The van der Waals surface area contributed by atoms with Gasteiger partial charge in [0.1, 0.15) is 16.4 Å². The van der Waals surface area contributed by atoms with Crippen LogP contribution in [0.5, 0.6) is 0 Å². The number of H-pyrrole nitrogens is 1. The molecular formula is C22H29N7O3S. The lowest BCUT2D eigenvalue weighted by Crippen LogP contribution is -2.48. The van der Waals surface area contributed by atoms with Crippen molar-refractivity contribution < 1.29 is 13.2 Å². The van der Waals surface area contributed by atoms with E-state index in [0.717, 1.165) is 6.42 Å². The van der Waals surface area contributed by atoms with Crippen molar-refractivity contribution >= 4 is 27.4 Å². The zero-order valence-corrected chi connectivity index (χ0v) is 19.3. The predicted molar refractivity (Wildman–Crippen MR) is 129 cm³/mol. The predicted octanol–water partition coefficient (Wildman–Crippen LogP) is 2.15. The molecule has 3 rings (SSSR count). The van der Waals surface area contributed by atoms with Crippen molar-refractivity contribution in [2.45, 2.75) is 37.5 Å². The fraction of sp³-hybridized carbons (Fsp3) is 0.318. The first-order chi connectivity index (χ1) is 15.7. The molecule has 1 aromatic heterocycles. The van der Waals surface area contributed by atoms with Gasteiger partial charge in [-0.15, -0.1) is 0 Å². The number of hydrogen-bond donors (Lipinski definition) is 5. The van der Waals surface area contributed by atoms with Gasteiger partial charge >= 0.3 is 6.03 Å². The number of rotatable bonds is 9. The van der Waals surface area contributed by atoms with Crippen molar-refractivity contribution in [3.63, 3.8) is 0 Å². The normalized spacial score (nSPS) is 16.0. The van der Waals surface area contributed by atoms with Crippen LogP contribution in [0.3, 0.4) is 0 Å². The number of aromatic nitrogens is 2. The van der Waals surface area contributed by atoms with E-state index in [9.17, 15) is 13.2 Å². The van der Waals surface area contributed by atoms with Crippen LogP contribution in [0.4, 0.5) is 10.5 Å². The van der Waals surface area contributed by atoms with Crippen LogP contribution in [0, 0.1) is 0 Å². The molecule has 0 saturated heterocycles. The summed E-state index contributed by atoms with van der Waals surface area (Å²) in [5.74, 6) is 0.788. The van der Waals surface area contributed by atoms with Crippen molar-refractivity contribution in [3.05, 3.63) is 72.1 Å². The summed E-state index contributed by atoms with van der Waals surface area (Å²) in [6.07, 6.45) is 6.48. The molecule has 0 radical (unpaired) electrons. The molecular weight excluding hydrogens is 442 g/mol. The number of urea groups is 1. The van der Waals surface area contributed by atoms with E-state index >= 15 is 0 Å². The average Bonchev–Trinajstić information content (AvgIpc) is 3.25. The number of amides is 2. The Hall–Kier alpha value is -3.60. The van der Waals surface area contributed by atoms with E-state index in [1.54, 1.807) is 43.6 Å². The molecule has 2 aromatic rings. The summed E-state index contributed by atoms with van der Waals surface area (Å²) in [7, 11) is -3.43. The molecule has 33 heavy (non-hydrogen) atoms. The first-order valence-corrected chi connectivity index (χ1v) is 12.2. The fourth-order valence-electron chi connectivity index (χ4n) is 3.59. The Kier molecular flexibility index (Phi) is 7.22. The summed E-state index contributed by atoms with van der Waals surface area (Å²) in [5.41, 5.74) is 13.6. The maximum atomic E-state index is 12.8. The van der Waals surface area contributed by atoms with Crippen LogP contribution in [0.1, 0.15) is 37.6 Å². The van der Waals surface area contributed by atoms with Crippen LogP contribution < -0.4 is 22.1 Å². The number of sulfone groups is 1. The number of aliphatic imine (C=N–C) groups is 1. The van der Waals surface area contributed by atoms with E-state index < -0.39 is 14.6 Å². The van der Waals surface area contributed by atoms with Crippen molar-refractivity contribution in [1.82, 2.24) is 15.3 Å². The van der Waals surface area contributed by atoms with Gasteiger partial charge in [0.25, 0.3) is 0 Å². The number of nitrogens with two attached hydrogens (primary N) is 2. The van der Waals surface area contributed by atoms with Gasteiger partial charge in [-0.1, -0.05) is 13.5 Å². The third kappa shape index (κ3) is 5.43. The van der Waals surface area contributed by atoms with Gasteiger partial charge in [-0.25, -0.2) is 23.2 Å². The Morgan fingerprint density at radius 3 is 2.52 bits per heavy atom. The number of nitrogens with one attached hydrogen (secondary N) is 3. The topological polar surface area (TPSA) is 168 Å². The monoisotopic (exact) mass is 471 g/mol. The summed E-state index contributed by atoms with van der Waals surface area (Å²) < 4.78 is 24.6. The van der Waals surface area contributed by atoms with Gasteiger partial charge in [0.05, 0.1) is 12.2 Å². The van der Waals surface area contributed by atoms with Crippen LogP contribution >= 0.6 is 0 Å². The van der Waals surface area contributed by atoms with Crippen molar-refractivity contribution in [2.75, 3.05) is 11.1 Å². The van der Waals surface area contributed by atoms with E-state index in [4.69, 9.17) is 11.5 Å². The highest BCUT2D eigenvalue weighted by Crippen LogP contribution is 2.46. The maximum Gasteiger partial charge on any atom is 0.319 e. The fourth-order valence-corrected chi connectivity index (χ4v) is 5.48. The molecule has 0 aliphatic heterocycles. The van der Waals surface area contributed by atoms with Gasteiger partial charge in [0.15, 0.2) is 9.84 Å². The van der Waals surface area contributed by atoms with Crippen molar-refractivity contribution in [2.24, 2.45) is 16.5 Å². The number of benzene rings is 1. The van der Waals surface area contributed by atoms with Crippen LogP contribution in [0.25, 0.3) is 0 Å². The molecule has 10 nitrogen and oxygen atoms in total. The molecule has 1 heterocycles. The second-order valence-corrected chi connectivity index (χ2v) is 10.4.